The van der Waals surface area contributed by atoms with E-state index >= 15 is 0 Å². The second-order valence-electron chi connectivity index (χ2n) is 6.59. The molecule has 0 saturated carbocycles. The van der Waals surface area contributed by atoms with Crippen molar-refractivity contribution in [2.75, 3.05) is 30.3 Å². The van der Waals surface area contributed by atoms with Gasteiger partial charge in [-0.3, -0.25) is 10.2 Å². The topological polar surface area (TPSA) is 129 Å². The van der Waals surface area contributed by atoms with E-state index in [2.05, 4.69) is 36.6 Å². The molecule has 1 unspecified atom stereocenters. The summed E-state index contributed by atoms with van der Waals surface area (Å²) in [5, 5.41) is 10.9. The first-order valence-corrected chi connectivity index (χ1v) is 9.20. The number of H-pyrrole nitrogens is 1. The van der Waals surface area contributed by atoms with Gasteiger partial charge in [0, 0.05) is 31.5 Å². The number of ether oxygens (including phenoxy) is 1. The van der Waals surface area contributed by atoms with Crippen LogP contribution in [-0.2, 0) is 10.9 Å². The first-order valence-electron chi connectivity index (χ1n) is 9.20. The Labute approximate surface area is 171 Å². The van der Waals surface area contributed by atoms with E-state index in [0.717, 1.165) is 11.8 Å². The summed E-state index contributed by atoms with van der Waals surface area (Å²) in [6, 6.07) is -0.501. The van der Waals surface area contributed by atoms with Gasteiger partial charge in [0.15, 0.2) is 0 Å². The molecule has 0 bridgehead atoms. The Morgan fingerprint density at radius 1 is 1.17 bits per heavy atom. The minimum atomic E-state index is -4.80. The maximum absolute atomic E-state index is 13.1. The summed E-state index contributed by atoms with van der Waals surface area (Å²) in [4.78, 5) is 19.7. The Balaban J connectivity index is 1.68. The molecule has 2 aromatic rings. The predicted octanol–water partition coefficient (Wildman–Crippen LogP) is 1.26. The van der Waals surface area contributed by atoms with Crippen LogP contribution in [0.25, 0.3) is 0 Å². The summed E-state index contributed by atoms with van der Waals surface area (Å²) in [5.74, 6) is 0.527. The Morgan fingerprint density at radius 2 is 1.87 bits per heavy atom. The van der Waals surface area contributed by atoms with Crippen LogP contribution in [0.5, 0.6) is 0 Å². The SMILES string of the molecule is Cc1cnc(NCCNNC(C)OC[C@H](C)Nc2cn[nH]c(=O)c2C(F)(F)F)nc1. The maximum Gasteiger partial charge on any atom is 0.423 e. The van der Waals surface area contributed by atoms with E-state index in [-0.39, 0.29) is 6.61 Å². The lowest BCUT2D eigenvalue weighted by molar-refractivity contribution is -0.138. The number of nitrogens with zero attached hydrogens (tertiary/aromatic N) is 3. The Hall–Kier alpha value is -2.77. The molecule has 13 heteroatoms. The number of hydrogen-bond donors (Lipinski definition) is 5. The third-order valence-corrected chi connectivity index (χ3v) is 3.76. The molecule has 0 aliphatic rings. The van der Waals surface area contributed by atoms with E-state index in [1.807, 2.05) is 6.92 Å². The van der Waals surface area contributed by atoms with Crippen molar-refractivity contribution in [1.29, 1.82) is 0 Å². The summed E-state index contributed by atoms with van der Waals surface area (Å²) in [7, 11) is 0. The van der Waals surface area contributed by atoms with Crippen molar-refractivity contribution in [2.24, 2.45) is 0 Å². The van der Waals surface area contributed by atoms with Crippen molar-refractivity contribution >= 4 is 11.6 Å². The number of aryl methyl sites for hydroxylation is 1. The number of halogens is 3. The highest BCUT2D eigenvalue weighted by molar-refractivity contribution is 5.50. The van der Waals surface area contributed by atoms with Crippen LogP contribution in [0.2, 0.25) is 0 Å². The molecule has 0 fully saturated rings. The first kappa shape index (κ1) is 23.5. The normalized spacial score (nSPS) is 13.7. The number of aromatic amines is 1. The molecule has 0 amide bonds. The highest BCUT2D eigenvalue weighted by atomic mass is 19.4. The van der Waals surface area contributed by atoms with Crippen molar-refractivity contribution in [2.45, 2.75) is 39.2 Å². The molecule has 5 N–H and O–H groups in total. The average molecular weight is 430 g/mol. The van der Waals surface area contributed by atoms with Crippen LogP contribution in [0.1, 0.15) is 25.0 Å². The van der Waals surface area contributed by atoms with Gasteiger partial charge in [-0.25, -0.2) is 20.5 Å². The molecule has 0 radical (unpaired) electrons. The zero-order valence-corrected chi connectivity index (χ0v) is 16.8. The molecular weight excluding hydrogens is 405 g/mol. The van der Waals surface area contributed by atoms with Gasteiger partial charge in [-0.1, -0.05) is 0 Å². The molecular formula is C17H25F3N8O2. The van der Waals surface area contributed by atoms with E-state index < -0.39 is 35.3 Å². The van der Waals surface area contributed by atoms with Gasteiger partial charge in [0.1, 0.15) is 11.8 Å². The summed E-state index contributed by atoms with van der Waals surface area (Å²) in [6.07, 6.45) is -0.856. The maximum atomic E-state index is 13.1. The third kappa shape index (κ3) is 7.57. The monoisotopic (exact) mass is 430 g/mol. The van der Waals surface area contributed by atoms with Gasteiger partial charge in [0.2, 0.25) is 5.95 Å². The summed E-state index contributed by atoms with van der Waals surface area (Å²) < 4.78 is 44.7. The number of nitrogens with one attached hydrogen (secondary N) is 5. The van der Waals surface area contributed by atoms with Crippen LogP contribution in [-0.4, -0.2) is 52.1 Å². The van der Waals surface area contributed by atoms with E-state index in [0.29, 0.717) is 19.0 Å². The Bertz CT molecular complexity index is 844. The van der Waals surface area contributed by atoms with Gasteiger partial charge in [0.25, 0.3) is 5.56 Å². The van der Waals surface area contributed by atoms with Crippen LogP contribution in [0, 0.1) is 6.92 Å². The molecule has 166 valence electrons. The van der Waals surface area contributed by atoms with Crippen molar-refractivity contribution in [1.82, 2.24) is 31.0 Å². The molecule has 0 aliphatic carbocycles. The van der Waals surface area contributed by atoms with Crippen molar-refractivity contribution in [3.63, 3.8) is 0 Å². The van der Waals surface area contributed by atoms with E-state index in [4.69, 9.17) is 4.74 Å². The van der Waals surface area contributed by atoms with Gasteiger partial charge in [0.05, 0.1) is 18.5 Å². The first-order chi connectivity index (χ1) is 14.2. The molecule has 0 saturated heterocycles. The molecule has 2 heterocycles. The van der Waals surface area contributed by atoms with Gasteiger partial charge in [-0.05, 0) is 26.3 Å². The number of anilines is 2. The van der Waals surface area contributed by atoms with Crippen molar-refractivity contribution in [3.8, 4) is 0 Å². The Morgan fingerprint density at radius 3 is 2.53 bits per heavy atom. The summed E-state index contributed by atoms with van der Waals surface area (Å²) in [6.45, 7) is 6.48. The minimum Gasteiger partial charge on any atom is -0.378 e. The lowest BCUT2D eigenvalue weighted by Crippen LogP contribution is -2.44. The van der Waals surface area contributed by atoms with Gasteiger partial charge in [-0.2, -0.15) is 18.3 Å². The zero-order valence-electron chi connectivity index (χ0n) is 16.8. The fourth-order valence-electron chi connectivity index (χ4n) is 2.36. The van der Waals surface area contributed by atoms with Crippen molar-refractivity contribution in [3.05, 3.63) is 40.1 Å². The molecule has 10 nitrogen and oxygen atoms in total. The molecule has 0 spiro atoms. The quantitative estimate of drug-likeness (QED) is 0.203. The van der Waals surface area contributed by atoms with E-state index in [1.165, 1.54) is 0 Å². The van der Waals surface area contributed by atoms with Crippen LogP contribution in [0.15, 0.2) is 23.4 Å². The van der Waals surface area contributed by atoms with Gasteiger partial charge < -0.3 is 15.4 Å². The smallest absolute Gasteiger partial charge is 0.378 e. The van der Waals surface area contributed by atoms with Gasteiger partial charge >= 0.3 is 6.18 Å². The molecule has 0 aliphatic heterocycles. The number of rotatable bonds is 11. The van der Waals surface area contributed by atoms with Crippen LogP contribution in [0.4, 0.5) is 24.8 Å². The standard InChI is InChI=1S/C17H25F3N8O2/c1-10-6-22-16(23-7-10)21-4-5-24-27-12(3)30-9-11(2)26-13-8-25-28-15(29)14(13)17(18,19)20/h6-8,11-12,24,27H,4-5,9H2,1-3H3,(H,21,22,23)(H2,26,28,29)/t11-,12?/m0/s1. The molecule has 2 atom stereocenters. The second kappa shape index (κ2) is 10.8. The number of aromatic nitrogens is 4. The number of hydrogen-bond acceptors (Lipinski definition) is 9. The van der Waals surface area contributed by atoms with E-state index in [9.17, 15) is 18.0 Å². The fourth-order valence-corrected chi connectivity index (χ4v) is 2.36. The lowest BCUT2D eigenvalue weighted by atomic mass is 10.2. The minimum absolute atomic E-state index is 0.0927. The molecule has 0 aromatic carbocycles. The highest BCUT2D eigenvalue weighted by Gasteiger charge is 2.37. The molecule has 2 aromatic heterocycles. The van der Waals surface area contributed by atoms with Crippen LogP contribution < -0.4 is 27.0 Å². The van der Waals surface area contributed by atoms with Crippen molar-refractivity contribution < 1.29 is 17.9 Å². The summed E-state index contributed by atoms with van der Waals surface area (Å²) in [5.41, 5.74) is 3.83. The average Bonchev–Trinajstić information content (AvgIpc) is 2.66. The van der Waals surface area contributed by atoms with Gasteiger partial charge in [-0.15, -0.1) is 0 Å². The van der Waals surface area contributed by atoms with E-state index in [1.54, 1.807) is 31.3 Å². The molecule has 30 heavy (non-hydrogen) atoms. The third-order valence-electron chi connectivity index (χ3n) is 3.76. The lowest BCUT2D eigenvalue weighted by Gasteiger charge is -2.21. The summed E-state index contributed by atoms with van der Waals surface area (Å²) >= 11 is 0. The highest BCUT2D eigenvalue weighted by Crippen LogP contribution is 2.31. The second-order valence-corrected chi connectivity index (χ2v) is 6.59. The Kier molecular flexibility index (Phi) is 8.50. The fraction of sp³-hybridized carbons (Fsp3) is 0.529. The predicted molar refractivity (Wildman–Crippen MR) is 105 cm³/mol. The largest absolute Gasteiger partial charge is 0.423 e. The van der Waals surface area contributed by atoms with Crippen LogP contribution in [0.3, 0.4) is 0 Å². The van der Waals surface area contributed by atoms with Crippen LogP contribution >= 0.6 is 0 Å². The number of hydrazine groups is 1. The zero-order chi connectivity index (χ0) is 22.1. The number of alkyl halides is 3. The molecule has 2 rings (SSSR count).